The van der Waals surface area contributed by atoms with Gasteiger partial charge in [0.2, 0.25) is 0 Å². The molecule has 0 bridgehead atoms. The normalized spacial score (nSPS) is 132. The maximum Gasteiger partial charge on any atom is -0.00135 e. The predicted octanol–water partition coefficient (Wildman–Crippen LogP) is 5.00. The van der Waals surface area contributed by atoms with Gasteiger partial charge >= 0.3 is 0 Å². The van der Waals surface area contributed by atoms with E-state index in [9.17, 15) is 0 Å². The van der Waals surface area contributed by atoms with Crippen LogP contribution in [0.1, 0.15) is 25.7 Å². The molecule has 33 rings (SSSR count). The minimum Gasteiger partial charge on any atom is -0.0459 e. The van der Waals surface area contributed by atoms with Crippen molar-refractivity contribution < 1.29 is 0 Å². The van der Waals surface area contributed by atoms with E-state index in [4.69, 9.17) is 0 Å². The van der Waals surface area contributed by atoms with E-state index in [0.717, 1.165) is 97.5 Å². The van der Waals surface area contributed by atoms with Gasteiger partial charge in [-0.3, -0.25) is 0 Å². The summed E-state index contributed by atoms with van der Waals surface area (Å²) in [5, 5.41) is 0. The first-order valence-corrected chi connectivity index (χ1v) is 24.8. The molecule has 0 heterocycles. The number of hydrogen-bond acceptors (Lipinski definition) is 0. The largest absolute Gasteiger partial charge is 0.0459 e. The van der Waals surface area contributed by atoms with Crippen molar-refractivity contribution >= 4 is 0 Å². The lowest BCUT2D eigenvalue weighted by atomic mass is 8.61. The minimum atomic E-state index is 1.07. The van der Waals surface area contributed by atoms with Gasteiger partial charge in [-0.25, -0.2) is 0 Å². The summed E-state index contributed by atoms with van der Waals surface area (Å²) in [7, 11) is 0. The van der Waals surface area contributed by atoms with Crippen molar-refractivity contribution in [3.8, 4) is 0 Å². The van der Waals surface area contributed by atoms with Gasteiger partial charge in [0.05, 0.1) is 0 Å². The fraction of sp³-hybridized carbons (Fsp3) is 1.00. The molecule has 18 spiro atoms. The zero-order valence-electron chi connectivity index (χ0n) is 28.0. The highest BCUT2D eigenvalue weighted by molar-refractivity contribution is 5.98. The Kier molecular flexibility index (Phi) is 1.05. The number of rotatable bonds is 0. The third-order valence-electron chi connectivity index (χ3n) is 40.8. The zero-order chi connectivity index (χ0) is 28.0. The summed E-state index contributed by atoms with van der Waals surface area (Å²) >= 11 is 0. The average Bonchev–Trinajstić information content (AvgIpc) is 3.49. The monoisotopic (exact) mass is 636 g/mol. The smallest absolute Gasteiger partial charge is 0.00135 e. The van der Waals surface area contributed by atoms with E-state index in [1.165, 1.54) is 166 Å². The van der Waals surface area contributed by atoms with Crippen LogP contribution >= 0.6 is 0 Å². The molecule has 50 heavy (non-hydrogen) atoms. The molecular formula is C50H36. The molecule has 0 saturated heterocycles. The molecule has 33 aliphatic rings. The maximum absolute atomic E-state index is 1.85. The Balaban J connectivity index is 0.903. The van der Waals surface area contributed by atoms with Crippen LogP contribution in [0.4, 0.5) is 0 Å². The molecule has 0 aromatic carbocycles. The third kappa shape index (κ3) is 0.464. The topological polar surface area (TPSA) is 0 Å². The van der Waals surface area contributed by atoms with Crippen molar-refractivity contribution in [2.45, 2.75) is 25.7 Å². The summed E-state index contributed by atoms with van der Waals surface area (Å²) in [6, 6.07) is 0. The number of hydrogen-bond donors (Lipinski definition) is 0. The van der Waals surface area contributed by atoms with Crippen molar-refractivity contribution in [2.24, 2.45) is 263 Å². The molecule has 0 N–H and O–H groups in total. The Morgan fingerprint density at radius 3 is 1.10 bits per heavy atom. The molecule has 33 aliphatic carbocycles. The highest BCUT2D eigenvalue weighted by Gasteiger charge is 3.54. The molecule has 0 radical (unpaired) electrons. The van der Waals surface area contributed by atoms with Gasteiger partial charge in [0, 0.05) is 0 Å². The Morgan fingerprint density at radius 2 is 0.620 bits per heavy atom. The SMILES string of the molecule is C1C2C3C4C5C6C7C8C9C%10C%11C%12CC%13C%14C%15CC%16C%17C%18C%19C%20C%21CC%22C%23C1C21C3C42C5C63C7C84C9C%105C%11C%12%13C%146C%15%16C%177C%188C%199C%20%10C%22%21C%231C2%10C39C48C567. The highest BCUT2D eigenvalue weighted by atomic mass is 15.6. The second-order valence-corrected chi connectivity index (χ2v) is 31.5. The fourth-order valence-corrected chi connectivity index (χ4v) is 50.0. The van der Waals surface area contributed by atoms with E-state index in [1.54, 1.807) is 0 Å². The molecule has 236 valence electrons. The summed E-state index contributed by atoms with van der Waals surface area (Å²) in [5.74, 6) is 38.9. The molecule has 33 saturated carbocycles. The Hall–Kier alpha value is 0. The first kappa shape index (κ1) is 17.9. The second-order valence-electron chi connectivity index (χ2n) is 31.5. The molecule has 0 aromatic heterocycles. The maximum atomic E-state index is 1.85. The molecule has 44 atom stereocenters. The summed E-state index contributed by atoms with van der Waals surface area (Å²) in [4.78, 5) is 0. The molecule has 0 heteroatoms. The lowest BCUT2D eigenvalue weighted by molar-refractivity contribution is -0.965. The summed E-state index contributed by atoms with van der Waals surface area (Å²) in [6.45, 7) is 0. The fourth-order valence-electron chi connectivity index (χ4n) is 50.0. The van der Waals surface area contributed by atoms with Gasteiger partial charge in [-0.1, -0.05) is 0 Å². The number of fused-ring (bicyclic) bond motifs is 19. The third-order valence-corrected chi connectivity index (χ3v) is 40.8. The Morgan fingerprint density at radius 1 is 0.240 bits per heavy atom. The van der Waals surface area contributed by atoms with Gasteiger partial charge in [-0.2, -0.15) is 0 Å². The van der Waals surface area contributed by atoms with Gasteiger partial charge in [0.15, 0.2) is 0 Å². The van der Waals surface area contributed by atoms with Gasteiger partial charge in [0.25, 0.3) is 0 Å². The molecule has 0 aliphatic heterocycles. The van der Waals surface area contributed by atoms with Crippen LogP contribution in [0, 0.1) is 263 Å². The van der Waals surface area contributed by atoms with E-state index in [-0.39, 0.29) is 0 Å². The van der Waals surface area contributed by atoms with Crippen LogP contribution < -0.4 is 0 Å². The van der Waals surface area contributed by atoms with Gasteiger partial charge < -0.3 is 0 Å². The van der Waals surface area contributed by atoms with E-state index in [0.29, 0.717) is 0 Å². The summed E-state index contributed by atoms with van der Waals surface area (Å²) in [5.41, 5.74) is 19.6. The summed E-state index contributed by atoms with van der Waals surface area (Å²) < 4.78 is 0. The van der Waals surface area contributed by atoms with Crippen LogP contribution in [0.15, 0.2) is 0 Å². The first-order chi connectivity index (χ1) is 24.8. The van der Waals surface area contributed by atoms with Crippen LogP contribution in [0.3, 0.4) is 0 Å². The van der Waals surface area contributed by atoms with Crippen LogP contribution in [-0.2, 0) is 0 Å². The van der Waals surface area contributed by atoms with E-state index in [1.807, 2.05) is 25.7 Å². The standard InChI is InChI=1S/C50H36/c1-5-13-22-15-24-17-25-16-23-14-6-2-8-19-10-4-12-21-27-26-20-11-3-9-18-7(1)33(5)28(13)35(22)30(15)37(24)32(17)38(25)31(16)36(23)29(14)34(6,8)42(19)40(10,12)44(21)46(27)45(26)43(20)39(9,11)41(18,33)47(35,43)49(37,45)50(38,46)48(36,42)44/h5-32H,1-4H2. The quantitative estimate of drug-likeness (QED) is 0.351. The van der Waals surface area contributed by atoms with Crippen LogP contribution in [0.2, 0.25) is 0 Å². The summed E-state index contributed by atoms with van der Waals surface area (Å²) in [6.07, 6.45) is 7.37. The molecule has 33 fully saturated rings. The second kappa shape index (κ2) is 2.94. The molecule has 44 unspecified atom stereocenters. The van der Waals surface area contributed by atoms with Crippen molar-refractivity contribution in [1.29, 1.82) is 0 Å². The lowest BCUT2D eigenvalue weighted by Gasteiger charge is -3.41. The molecular weight excluding hydrogens is 601 g/mol. The lowest BCUT2D eigenvalue weighted by Crippen LogP contribution is -3.40. The van der Waals surface area contributed by atoms with Crippen molar-refractivity contribution in [1.82, 2.24) is 0 Å². The van der Waals surface area contributed by atoms with E-state index >= 15 is 0 Å². The van der Waals surface area contributed by atoms with Crippen molar-refractivity contribution in [3.63, 3.8) is 0 Å². The molecule has 0 nitrogen and oxygen atoms in total. The molecule has 0 amide bonds. The van der Waals surface area contributed by atoms with Crippen molar-refractivity contribution in [2.75, 3.05) is 0 Å². The highest BCUT2D eigenvalue weighted by Crippen LogP contribution is 3.55. The van der Waals surface area contributed by atoms with Crippen LogP contribution in [0.25, 0.3) is 0 Å². The Bertz CT molecular complexity index is 2790. The van der Waals surface area contributed by atoms with Gasteiger partial charge in [0.1, 0.15) is 0 Å². The minimum absolute atomic E-state index is 1.07. The van der Waals surface area contributed by atoms with Gasteiger partial charge in [-0.15, -0.1) is 0 Å². The predicted molar refractivity (Wildman–Crippen MR) is 160 cm³/mol. The first-order valence-electron chi connectivity index (χ1n) is 24.8. The molecule has 0 aromatic rings. The van der Waals surface area contributed by atoms with E-state index < -0.39 is 0 Å². The average molecular weight is 637 g/mol. The van der Waals surface area contributed by atoms with Crippen molar-refractivity contribution in [3.05, 3.63) is 0 Å². The van der Waals surface area contributed by atoms with Crippen LogP contribution in [-0.4, -0.2) is 0 Å². The van der Waals surface area contributed by atoms with Gasteiger partial charge in [-0.05, 0) is 289 Å². The zero-order valence-corrected chi connectivity index (χ0v) is 28.0. The van der Waals surface area contributed by atoms with E-state index in [2.05, 4.69) is 0 Å². The van der Waals surface area contributed by atoms with Crippen LogP contribution in [0.5, 0.6) is 0 Å². The Labute approximate surface area is 287 Å².